The molecular weight excluding hydrogens is 198 g/mol. The number of nitrogens with zero attached hydrogens (tertiary/aromatic N) is 2. The Morgan fingerprint density at radius 3 is 2.56 bits per heavy atom. The first-order valence-electron chi connectivity index (χ1n) is 6.95. The van der Waals surface area contributed by atoms with Crippen LogP contribution in [0.2, 0.25) is 0 Å². The van der Waals surface area contributed by atoms with Crippen molar-refractivity contribution in [2.24, 2.45) is 5.73 Å². The minimum atomic E-state index is 0.709. The summed E-state index contributed by atoms with van der Waals surface area (Å²) in [5.74, 6) is 0. The van der Waals surface area contributed by atoms with E-state index in [1.807, 2.05) is 0 Å². The molecule has 3 heteroatoms. The molecule has 94 valence electrons. The lowest BCUT2D eigenvalue weighted by Gasteiger charge is -2.35. The van der Waals surface area contributed by atoms with Gasteiger partial charge in [0.15, 0.2) is 0 Å². The molecule has 1 heterocycles. The van der Waals surface area contributed by atoms with Crippen LogP contribution in [0.3, 0.4) is 0 Å². The van der Waals surface area contributed by atoms with Gasteiger partial charge in [0.05, 0.1) is 0 Å². The van der Waals surface area contributed by atoms with E-state index in [-0.39, 0.29) is 0 Å². The smallest absolute Gasteiger partial charge is 0.0237 e. The van der Waals surface area contributed by atoms with Gasteiger partial charge in [-0.2, -0.15) is 0 Å². The van der Waals surface area contributed by atoms with Gasteiger partial charge in [0.1, 0.15) is 0 Å². The first-order chi connectivity index (χ1) is 7.81. The van der Waals surface area contributed by atoms with E-state index < -0.39 is 0 Å². The van der Waals surface area contributed by atoms with E-state index in [2.05, 4.69) is 16.8 Å². The summed E-state index contributed by atoms with van der Waals surface area (Å²) in [5.41, 5.74) is 5.77. The predicted octanol–water partition coefficient (Wildman–Crippen LogP) is 1.28. The highest BCUT2D eigenvalue weighted by Crippen LogP contribution is 2.27. The third kappa shape index (κ3) is 2.96. The summed E-state index contributed by atoms with van der Waals surface area (Å²) in [5, 5.41) is 0. The lowest BCUT2D eigenvalue weighted by Crippen LogP contribution is -2.46. The van der Waals surface area contributed by atoms with Crippen LogP contribution in [-0.2, 0) is 0 Å². The monoisotopic (exact) mass is 225 g/mol. The zero-order valence-electron chi connectivity index (χ0n) is 10.7. The Hall–Kier alpha value is -0.120. The predicted molar refractivity (Wildman–Crippen MR) is 68.5 cm³/mol. The molecule has 1 saturated carbocycles. The van der Waals surface area contributed by atoms with E-state index in [4.69, 9.17) is 5.73 Å². The average Bonchev–Trinajstić information content (AvgIpc) is 2.71. The Labute approximate surface area is 100.0 Å². The molecule has 0 aromatic carbocycles. The van der Waals surface area contributed by atoms with Gasteiger partial charge >= 0.3 is 0 Å². The quantitative estimate of drug-likeness (QED) is 0.785. The van der Waals surface area contributed by atoms with Gasteiger partial charge in [-0.3, -0.25) is 4.90 Å². The van der Waals surface area contributed by atoms with Gasteiger partial charge in [0.2, 0.25) is 0 Å². The van der Waals surface area contributed by atoms with E-state index in [1.54, 1.807) is 0 Å². The highest BCUT2D eigenvalue weighted by molar-refractivity contribution is 4.86. The molecule has 0 aromatic heterocycles. The third-order valence-corrected chi connectivity index (χ3v) is 4.24. The Morgan fingerprint density at radius 1 is 1.12 bits per heavy atom. The van der Waals surface area contributed by atoms with Crippen molar-refractivity contribution in [2.45, 2.75) is 50.6 Å². The molecule has 1 aliphatic carbocycles. The Kier molecular flexibility index (Phi) is 4.62. The van der Waals surface area contributed by atoms with Crippen molar-refractivity contribution < 1.29 is 0 Å². The van der Waals surface area contributed by atoms with Gasteiger partial charge in [-0.05, 0) is 52.4 Å². The molecule has 2 fully saturated rings. The average molecular weight is 225 g/mol. The van der Waals surface area contributed by atoms with Crippen molar-refractivity contribution in [3.05, 3.63) is 0 Å². The zero-order valence-corrected chi connectivity index (χ0v) is 10.7. The number of hydrogen-bond donors (Lipinski definition) is 1. The molecule has 1 atom stereocenters. The van der Waals surface area contributed by atoms with Gasteiger partial charge in [0, 0.05) is 18.6 Å². The molecule has 0 radical (unpaired) electrons. The summed E-state index contributed by atoms with van der Waals surface area (Å²) >= 11 is 0. The van der Waals surface area contributed by atoms with Crippen LogP contribution >= 0.6 is 0 Å². The lowest BCUT2D eigenvalue weighted by molar-refractivity contribution is 0.128. The SMILES string of the molecule is CN1CCCN(C2CCCC2)C(CCN)C1. The standard InChI is InChI=1S/C13H27N3/c1-15-9-4-10-16(12-5-2-3-6-12)13(11-15)7-8-14/h12-13H,2-11,14H2,1H3. The molecule has 0 aromatic rings. The molecule has 1 aliphatic heterocycles. The number of nitrogens with two attached hydrogens (primary N) is 1. The number of rotatable bonds is 3. The highest BCUT2D eigenvalue weighted by Gasteiger charge is 2.30. The second-order valence-corrected chi connectivity index (χ2v) is 5.52. The van der Waals surface area contributed by atoms with Crippen LogP contribution in [0.15, 0.2) is 0 Å². The molecule has 2 N–H and O–H groups in total. The molecule has 2 aliphatic rings. The molecular formula is C13H27N3. The summed E-state index contributed by atoms with van der Waals surface area (Å²) in [4.78, 5) is 5.26. The minimum absolute atomic E-state index is 0.709. The van der Waals surface area contributed by atoms with Gasteiger partial charge in [-0.1, -0.05) is 12.8 Å². The van der Waals surface area contributed by atoms with Crippen LogP contribution in [0.25, 0.3) is 0 Å². The molecule has 0 bridgehead atoms. The second kappa shape index (κ2) is 5.99. The maximum atomic E-state index is 5.77. The van der Waals surface area contributed by atoms with E-state index >= 15 is 0 Å². The molecule has 1 unspecified atom stereocenters. The van der Waals surface area contributed by atoms with Crippen LogP contribution in [0.1, 0.15) is 38.5 Å². The van der Waals surface area contributed by atoms with E-state index in [0.717, 1.165) is 12.6 Å². The lowest BCUT2D eigenvalue weighted by atomic mass is 10.1. The van der Waals surface area contributed by atoms with E-state index in [1.165, 1.54) is 58.2 Å². The number of likely N-dealkylation sites (N-methyl/N-ethyl adjacent to an activating group) is 1. The molecule has 0 amide bonds. The van der Waals surface area contributed by atoms with Crippen molar-refractivity contribution in [3.63, 3.8) is 0 Å². The van der Waals surface area contributed by atoms with Gasteiger partial charge in [-0.25, -0.2) is 0 Å². The van der Waals surface area contributed by atoms with Crippen LogP contribution in [0, 0.1) is 0 Å². The second-order valence-electron chi connectivity index (χ2n) is 5.52. The third-order valence-electron chi connectivity index (χ3n) is 4.24. The Morgan fingerprint density at radius 2 is 1.88 bits per heavy atom. The maximum Gasteiger partial charge on any atom is 0.0237 e. The maximum absolute atomic E-state index is 5.77. The van der Waals surface area contributed by atoms with Crippen molar-refractivity contribution >= 4 is 0 Å². The normalized spacial score (nSPS) is 30.8. The summed E-state index contributed by atoms with van der Waals surface area (Å²) in [7, 11) is 2.25. The summed E-state index contributed by atoms with van der Waals surface area (Å²) in [6, 6.07) is 1.57. The van der Waals surface area contributed by atoms with Crippen LogP contribution < -0.4 is 5.73 Å². The molecule has 2 rings (SSSR count). The fraction of sp³-hybridized carbons (Fsp3) is 1.00. The van der Waals surface area contributed by atoms with Crippen LogP contribution in [0.4, 0.5) is 0 Å². The Balaban J connectivity index is 1.99. The van der Waals surface area contributed by atoms with Crippen molar-refractivity contribution in [3.8, 4) is 0 Å². The zero-order chi connectivity index (χ0) is 11.4. The molecule has 3 nitrogen and oxygen atoms in total. The van der Waals surface area contributed by atoms with Gasteiger partial charge in [0.25, 0.3) is 0 Å². The van der Waals surface area contributed by atoms with E-state index in [0.29, 0.717) is 6.04 Å². The van der Waals surface area contributed by atoms with Gasteiger partial charge in [-0.15, -0.1) is 0 Å². The minimum Gasteiger partial charge on any atom is -0.330 e. The Bertz CT molecular complexity index is 201. The topological polar surface area (TPSA) is 32.5 Å². The van der Waals surface area contributed by atoms with Crippen molar-refractivity contribution in [1.82, 2.24) is 9.80 Å². The molecule has 0 spiro atoms. The fourth-order valence-corrected chi connectivity index (χ4v) is 3.43. The largest absolute Gasteiger partial charge is 0.330 e. The summed E-state index contributed by atoms with van der Waals surface area (Å²) in [6.07, 6.45) is 8.21. The number of hydrogen-bond acceptors (Lipinski definition) is 3. The summed E-state index contributed by atoms with van der Waals surface area (Å²) in [6.45, 7) is 4.60. The van der Waals surface area contributed by atoms with Gasteiger partial charge < -0.3 is 10.6 Å². The van der Waals surface area contributed by atoms with Crippen molar-refractivity contribution in [2.75, 3.05) is 33.2 Å². The highest BCUT2D eigenvalue weighted by atomic mass is 15.3. The molecule has 1 saturated heterocycles. The summed E-state index contributed by atoms with van der Waals surface area (Å²) < 4.78 is 0. The van der Waals surface area contributed by atoms with Crippen LogP contribution in [0.5, 0.6) is 0 Å². The first kappa shape index (κ1) is 12.3. The first-order valence-corrected chi connectivity index (χ1v) is 6.95. The fourth-order valence-electron chi connectivity index (χ4n) is 3.43. The van der Waals surface area contributed by atoms with Crippen LogP contribution in [-0.4, -0.2) is 55.1 Å². The molecule has 16 heavy (non-hydrogen) atoms. The van der Waals surface area contributed by atoms with E-state index in [9.17, 15) is 0 Å². The van der Waals surface area contributed by atoms with Crippen molar-refractivity contribution in [1.29, 1.82) is 0 Å².